The van der Waals surface area contributed by atoms with Gasteiger partial charge in [-0.15, -0.1) is 0 Å². The maximum absolute atomic E-state index is 12.4. The number of alkyl halides is 2. The summed E-state index contributed by atoms with van der Waals surface area (Å²) in [5.41, 5.74) is 5.10. The quantitative estimate of drug-likeness (QED) is 0.798. The average Bonchev–Trinajstić information content (AvgIpc) is 2.59. The number of ether oxygens (including phenoxy) is 1. The van der Waals surface area contributed by atoms with Crippen LogP contribution in [0.25, 0.3) is 0 Å². The molecule has 0 saturated carbocycles. The van der Waals surface area contributed by atoms with Crippen molar-refractivity contribution in [1.82, 2.24) is 0 Å². The highest BCUT2D eigenvalue weighted by Gasteiger charge is 2.43. The van der Waals surface area contributed by atoms with Crippen molar-refractivity contribution < 1.29 is 18.3 Å². The molecule has 0 aromatic heterocycles. The van der Waals surface area contributed by atoms with Gasteiger partial charge in [-0.1, -0.05) is 48.5 Å². The Kier molecular flexibility index (Phi) is 3.40. The maximum Gasteiger partial charge on any atom is 0.373 e. The molecule has 0 aliphatic heterocycles. The van der Waals surface area contributed by atoms with Gasteiger partial charge < -0.3 is 4.74 Å². The van der Waals surface area contributed by atoms with E-state index in [0.717, 1.165) is 6.42 Å². The molecule has 0 fully saturated rings. The zero-order chi connectivity index (χ0) is 16.0. The van der Waals surface area contributed by atoms with E-state index in [1.165, 1.54) is 22.3 Å². The molecule has 1 unspecified atom stereocenters. The summed E-state index contributed by atoms with van der Waals surface area (Å²) in [7, 11) is 0. The molecule has 2 aromatic carbocycles. The van der Waals surface area contributed by atoms with Crippen molar-refractivity contribution in [2.75, 3.05) is 6.61 Å². The number of esters is 1. The number of rotatable bonds is 3. The maximum atomic E-state index is 12.4. The number of hydrogen-bond donors (Lipinski definition) is 0. The summed E-state index contributed by atoms with van der Waals surface area (Å²) < 4.78 is 29.6. The van der Waals surface area contributed by atoms with Crippen molar-refractivity contribution in [3.05, 3.63) is 70.8 Å². The molecule has 0 amide bonds. The van der Waals surface area contributed by atoms with Gasteiger partial charge >= 0.3 is 12.4 Å². The minimum Gasteiger partial charge on any atom is -0.461 e. The molecular weight excluding hydrogens is 298 g/mol. The van der Waals surface area contributed by atoms with Gasteiger partial charge in [0, 0.05) is 17.8 Å². The number of carbonyl (C=O) groups excluding carboxylic acids is 1. The minimum atomic E-state index is -3.06. The van der Waals surface area contributed by atoms with E-state index in [2.05, 4.69) is 24.3 Å². The summed E-state index contributed by atoms with van der Waals surface area (Å²) in [6, 6.07) is 16.6. The van der Waals surface area contributed by atoms with E-state index in [1.807, 2.05) is 24.3 Å². The van der Waals surface area contributed by atoms with Crippen LogP contribution in [-0.4, -0.2) is 19.0 Å². The number of carbonyl (C=O) groups is 1. The van der Waals surface area contributed by atoms with Gasteiger partial charge in [-0.3, -0.25) is 0 Å². The number of hydrogen-bond acceptors (Lipinski definition) is 2. The molecule has 23 heavy (non-hydrogen) atoms. The number of benzene rings is 2. The van der Waals surface area contributed by atoms with E-state index in [9.17, 15) is 13.6 Å². The third-order valence-corrected chi connectivity index (χ3v) is 5.04. The lowest BCUT2D eigenvalue weighted by atomic mass is 9.59. The van der Waals surface area contributed by atoms with E-state index in [4.69, 9.17) is 4.74 Å². The Morgan fingerprint density at radius 2 is 1.52 bits per heavy atom. The van der Waals surface area contributed by atoms with Gasteiger partial charge in [-0.05, 0) is 28.7 Å². The van der Waals surface area contributed by atoms with Crippen LogP contribution in [0.3, 0.4) is 0 Å². The van der Waals surface area contributed by atoms with E-state index in [0.29, 0.717) is 0 Å². The van der Waals surface area contributed by atoms with Crippen molar-refractivity contribution in [3.8, 4) is 0 Å². The van der Waals surface area contributed by atoms with Crippen molar-refractivity contribution in [2.45, 2.75) is 24.7 Å². The first-order valence-electron chi connectivity index (χ1n) is 7.79. The standard InChI is InChI=1S/C19H16F2O2/c20-18(21)19(22)23-10-11-9-16-12-5-1-3-7-14(12)17(11)15-8-4-2-6-13(15)16/h1-8,11,16-18H,9-10H2. The van der Waals surface area contributed by atoms with Crippen LogP contribution in [-0.2, 0) is 9.53 Å². The highest BCUT2D eigenvalue weighted by molar-refractivity contribution is 5.72. The molecule has 0 spiro atoms. The predicted molar refractivity (Wildman–Crippen MR) is 81.6 cm³/mol. The molecule has 3 aliphatic rings. The van der Waals surface area contributed by atoms with Gasteiger partial charge in [0.1, 0.15) is 0 Å². The average molecular weight is 314 g/mol. The van der Waals surface area contributed by atoms with Gasteiger partial charge in [0.25, 0.3) is 0 Å². The summed E-state index contributed by atoms with van der Waals surface area (Å²) >= 11 is 0. The highest BCUT2D eigenvalue weighted by atomic mass is 19.3. The van der Waals surface area contributed by atoms with Crippen LogP contribution >= 0.6 is 0 Å². The Bertz CT molecular complexity index is 709. The number of fused-ring (bicyclic) bond motifs is 1. The zero-order valence-electron chi connectivity index (χ0n) is 12.4. The Labute approximate surface area is 133 Å². The van der Waals surface area contributed by atoms with Crippen molar-refractivity contribution in [3.63, 3.8) is 0 Å². The van der Waals surface area contributed by atoms with Crippen LogP contribution in [0.4, 0.5) is 8.78 Å². The molecule has 0 heterocycles. The minimum absolute atomic E-state index is 0.0486. The van der Waals surface area contributed by atoms with Crippen LogP contribution < -0.4 is 0 Å². The highest BCUT2D eigenvalue weighted by Crippen LogP contribution is 2.55. The second kappa shape index (κ2) is 5.44. The summed E-state index contributed by atoms with van der Waals surface area (Å²) in [6.45, 7) is 0.0486. The van der Waals surface area contributed by atoms with Gasteiger partial charge in [0.05, 0.1) is 6.61 Å². The lowest BCUT2D eigenvalue weighted by Gasteiger charge is -2.45. The fraction of sp³-hybridized carbons (Fsp3) is 0.316. The summed E-state index contributed by atoms with van der Waals surface area (Å²) in [5, 5.41) is 0. The molecule has 3 aliphatic carbocycles. The monoisotopic (exact) mass is 314 g/mol. The predicted octanol–water partition coefficient (Wildman–Crippen LogP) is 4.09. The third-order valence-electron chi connectivity index (χ3n) is 5.04. The summed E-state index contributed by atoms with van der Waals surface area (Å²) in [4.78, 5) is 11.1. The normalized spacial score (nSPS) is 24.2. The van der Waals surface area contributed by atoms with Gasteiger partial charge in [0.15, 0.2) is 0 Å². The first-order chi connectivity index (χ1) is 11.2. The Morgan fingerprint density at radius 3 is 2.04 bits per heavy atom. The van der Waals surface area contributed by atoms with Crippen molar-refractivity contribution in [2.24, 2.45) is 5.92 Å². The van der Waals surface area contributed by atoms with E-state index in [-0.39, 0.29) is 24.4 Å². The lowest BCUT2D eigenvalue weighted by Crippen LogP contribution is -2.35. The van der Waals surface area contributed by atoms with Crippen LogP contribution in [0.1, 0.15) is 40.5 Å². The van der Waals surface area contributed by atoms with Gasteiger partial charge in [-0.25, -0.2) is 4.79 Å². The fourth-order valence-electron chi connectivity index (χ4n) is 4.18. The largest absolute Gasteiger partial charge is 0.461 e. The van der Waals surface area contributed by atoms with E-state index < -0.39 is 12.4 Å². The molecule has 5 rings (SSSR count). The van der Waals surface area contributed by atoms with Crippen LogP contribution in [0, 0.1) is 5.92 Å². The molecule has 4 heteroatoms. The SMILES string of the molecule is O=C(OCC1CC2c3ccccc3C1c1ccccc12)C(F)F. The smallest absolute Gasteiger partial charge is 0.373 e. The molecule has 0 radical (unpaired) electrons. The second-order valence-corrected chi connectivity index (χ2v) is 6.21. The molecule has 0 N–H and O–H groups in total. The van der Waals surface area contributed by atoms with Gasteiger partial charge in [-0.2, -0.15) is 8.78 Å². The van der Waals surface area contributed by atoms with Crippen molar-refractivity contribution in [1.29, 1.82) is 0 Å². The molecule has 2 aromatic rings. The van der Waals surface area contributed by atoms with Gasteiger partial charge in [0.2, 0.25) is 0 Å². The summed E-state index contributed by atoms with van der Waals surface area (Å²) in [6.07, 6.45) is -2.23. The fourth-order valence-corrected chi connectivity index (χ4v) is 4.18. The molecule has 118 valence electrons. The van der Waals surface area contributed by atoms with Crippen LogP contribution in [0.2, 0.25) is 0 Å². The van der Waals surface area contributed by atoms with E-state index in [1.54, 1.807) is 0 Å². The lowest BCUT2D eigenvalue weighted by molar-refractivity contribution is -0.158. The molecule has 2 bridgehead atoms. The Balaban J connectivity index is 1.70. The molecule has 2 nitrogen and oxygen atoms in total. The number of halogens is 2. The zero-order valence-corrected chi connectivity index (χ0v) is 12.4. The second-order valence-electron chi connectivity index (χ2n) is 6.21. The third kappa shape index (κ3) is 2.24. The van der Waals surface area contributed by atoms with Crippen LogP contribution in [0.15, 0.2) is 48.5 Å². The Morgan fingerprint density at radius 1 is 1.00 bits per heavy atom. The molecular formula is C19H16F2O2. The summed E-state index contributed by atoms with van der Waals surface area (Å²) in [5.74, 6) is -1.01. The van der Waals surface area contributed by atoms with Crippen LogP contribution in [0.5, 0.6) is 0 Å². The van der Waals surface area contributed by atoms with Crippen molar-refractivity contribution >= 4 is 5.97 Å². The first kappa shape index (κ1) is 14.4. The van der Waals surface area contributed by atoms with E-state index >= 15 is 0 Å². The first-order valence-corrected chi connectivity index (χ1v) is 7.79. The molecule has 0 saturated heterocycles. The topological polar surface area (TPSA) is 26.3 Å². The Hall–Kier alpha value is -2.23. The molecule has 1 atom stereocenters.